The molecule has 5 nitrogen and oxygen atoms in total. The highest BCUT2D eigenvalue weighted by Gasteiger charge is 2.67. The second kappa shape index (κ2) is 9.61. The summed E-state index contributed by atoms with van der Waals surface area (Å²) in [4.78, 5) is 11.6. The average molecular weight is 491 g/mol. The number of hydrogen-bond acceptors (Lipinski definition) is 4. The van der Waals surface area contributed by atoms with Gasteiger partial charge < -0.3 is 20.4 Å². The summed E-state index contributed by atoms with van der Waals surface area (Å²) in [5.41, 5.74) is -0.857. The summed E-state index contributed by atoms with van der Waals surface area (Å²) in [6.45, 7) is 16.8. The number of aliphatic hydroxyl groups excluding tert-OH is 1. The molecule has 0 bridgehead atoms. The van der Waals surface area contributed by atoms with Gasteiger partial charge in [-0.05, 0) is 112 Å². The fourth-order valence-corrected chi connectivity index (χ4v) is 9.15. The van der Waals surface area contributed by atoms with E-state index in [0.29, 0.717) is 30.6 Å². The van der Waals surface area contributed by atoms with Crippen molar-refractivity contribution in [1.82, 2.24) is 0 Å². The molecule has 4 N–H and O–H groups in total. The highest BCUT2D eigenvalue weighted by molar-refractivity contribution is 5.66. The van der Waals surface area contributed by atoms with Gasteiger partial charge in [0.2, 0.25) is 0 Å². The number of carbonyl (C=O) groups is 1. The number of rotatable bonds is 9. The number of aliphatic carboxylic acids is 1. The van der Waals surface area contributed by atoms with E-state index in [2.05, 4.69) is 34.3 Å². The van der Waals surface area contributed by atoms with E-state index in [1.165, 1.54) is 5.57 Å². The number of carboxylic acids is 1. The zero-order valence-electron chi connectivity index (χ0n) is 22.9. The molecule has 0 aliphatic heterocycles. The summed E-state index contributed by atoms with van der Waals surface area (Å²) < 4.78 is 0. The van der Waals surface area contributed by atoms with E-state index in [1.807, 2.05) is 13.0 Å². The van der Waals surface area contributed by atoms with Crippen LogP contribution in [0.3, 0.4) is 0 Å². The van der Waals surface area contributed by atoms with Crippen LogP contribution in [0.1, 0.15) is 99.3 Å². The van der Waals surface area contributed by atoms with Crippen molar-refractivity contribution in [2.45, 2.75) is 111 Å². The molecule has 0 spiro atoms. The average Bonchev–Trinajstić information content (AvgIpc) is 3.11. The van der Waals surface area contributed by atoms with Gasteiger partial charge in [-0.2, -0.15) is 0 Å². The number of fused-ring (bicyclic) bond motifs is 3. The van der Waals surface area contributed by atoms with Gasteiger partial charge in [0.25, 0.3) is 0 Å². The summed E-state index contributed by atoms with van der Waals surface area (Å²) in [6, 6.07) is 0. The quantitative estimate of drug-likeness (QED) is 0.309. The maximum atomic E-state index is 11.6. The third-order valence-electron chi connectivity index (χ3n) is 11.3. The van der Waals surface area contributed by atoms with E-state index < -0.39 is 17.2 Å². The minimum atomic E-state index is -1.27. The maximum Gasteiger partial charge on any atom is 0.303 e. The van der Waals surface area contributed by atoms with Gasteiger partial charge in [0.1, 0.15) is 5.60 Å². The molecule has 9 atom stereocenters. The van der Waals surface area contributed by atoms with E-state index in [0.717, 1.165) is 38.5 Å². The Labute approximate surface area is 212 Å². The van der Waals surface area contributed by atoms with Crippen molar-refractivity contribution in [3.05, 3.63) is 24.3 Å². The summed E-state index contributed by atoms with van der Waals surface area (Å²) in [7, 11) is 0. The Kier molecular flexibility index (Phi) is 7.80. The molecule has 0 radical (unpaired) electrons. The van der Waals surface area contributed by atoms with Crippen molar-refractivity contribution < 1.29 is 25.2 Å². The smallest absolute Gasteiger partial charge is 0.303 e. The molecule has 0 amide bonds. The van der Waals surface area contributed by atoms with Gasteiger partial charge >= 0.3 is 5.97 Å². The minimum Gasteiger partial charge on any atom is -0.481 e. The standard InChI is InChI=1S/C30H50O5/c1-20(2)21-11-18-29(6)24(27(21,4)16-13-25(32)33)10-9-22-23(12-17-28(22,29)5)30(7,35)15-8-14-26(3,34)19-31/h8,14,21-24,31,34-35H,1,9-13,15-19H2,2-7H3,(H,32,33)/b14-8+/t21-,22+,23-,24+,26?,27-,28+,29+,30-/m0/s1. The van der Waals surface area contributed by atoms with Gasteiger partial charge in [-0.1, -0.05) is 45.1 Å². The number of carboxylic acid groups (broad SMARTS) is 1. The lowest BCUT2D eigenvalue weighted by molar-refractivity contribution is -0.178. The molecule has 0 aromatic heterocycles. The topological polar surface area (TPSA) is 98.0 Å². The molecule has 35 heavy (non-hydrogen) atoms. The van der Waals surface area contributed by atoms with Crippen LogP contribution in [0, 0.1) is 39.9 Å². The summed E-state index contributed by atoms with van der Waals surface area (Å²) in [5, 5.41) is 40.6. The van der Waals surface area contributed by atoms with Crippen molar-refractivity contribution in [3.8, 4) is 0 Å². The molecule has 3 aliphatic rings. The maximum absolute atomic E-state index is 11.6. The van der Waals surface area contributed by atoms with Crippen LogP contribution in [-0.2, 0) is 4.79 Å². The Hall–Kier alpha value is -1.17. The second-order valence-corrected chi connectivity index (χ2v) is 13.5. The summed E-state index contributed by atoms with van der Waals surface area (Å²) in [6.07, 6.45) is 11.1. The first-order chi connectivity index (χ1) is 16.0. The van der Waals surface area contributed by atoms with Gasteiger partial charge in [0.05, 0.1) is 12.2 Å². The van der Waals surface area contributed by atoms with Gasteiger partial charge in [0, 0.05) is 6.42 Å². The minimum absolute atomic E-state index is 0.0789. The van der Waals surface area contributed by atoms with Gasteiger partial charge in [-0.25, -0.2) is 0 Å². The van der Waals surface area contributed by atoms with Gasteiger partial charge in [-0.3, -0.25) is 4.79 Å². The van der Waals surface area contributed by atoms with Crippen molar-refractivity contribution in [1.29, 1.82) is 0 Å². The lowest BCUT2D eigenvalue weighted by Gasteiger charge is -2.66. The second-order valence-electron chi connectivity index (χ2n) is 13.5. The molecule has 0 heterocycles. The molecule has 0 aromatic rings. The molecule has 3 aliphatic carbocycles. The van der Waals surface area contributed by atoms with E-state index >= 15 is 0 Å². The monoisotopic (exact) mass is 490 g/mol. The Balaban J connectivity index is 1.89. The SMILES string of the molecule is C=C(C)[C@@H]1CC[C@]2(C)[C@H](CC[C@@H]3[C@@H]([C@@](C)(O)C/C=C/C(C)(O)CO)CC[C@]32C)[C@@]1(C)CCC(=O)O. The molecular formula is C30H50O5. The molecule has 3 saturated carbocycles. The zero-order valence-corrected chi connectivity index (χ0v) is 22.9. The van der Waals surface area contributed by atoms with E-state index in [4.69, 9.17) is 0 Å². The molecule has 3 fully saturated rings. The van der Waals surface area contributed by atoms with Crippen LogP contribution < -0.4 is 0 Å². The Morgan fingerprint density at radius 3 is 2.26 bits per heavy atom. The third kappa shape index (κ3) is 4.90. The summed E-state index contributed by atoms with van der Waals surface area (Å²) in [5.74, 6) is 0.664. The lowest BCUT2D eigenvalue weighted by atomic mass is 9.38. The van der Waals surface area contributed by atoms with Crippen LogP contribution >= 0.6 is 0 Å². The largest absolute Gasteiger partial charge is 0.481 e. The molecule has 1 unspecified atom stereocenters. The predicted octanol–water partition coefficient (Wildman–Crippen LogP) is 5.73. The Morgan fingerprint density at radius 2 is 1.69 bits per heavy atom. The lowest BCUT2D eigenvalue weighted by Crippen LogP contribution is -2.60. The van der Waals surface area contributed by atoms with E-state index in [9.17, 15) is 25.2 Å². The third-order valence-corrected chi connectivity index (χ3v) is 11.3. The zero-order chi connectivity index (χ0) is 26.4. The fraction of sp³-hybridized carbons (Fsp3) is 0.833. The molecule has 3 rings (SSSR count). The van der Waals surface area contributed by atoms with Crippen LogP contribution in [0.4, 0.5) is 0 Å². The van der Waals surface area contributed by atoms with Crippen LogP contribution in [0.2, 0.25) is 0 Å². The molecular weight excluding hydrogens is 440 g/mol. The van der Waals surface area contributed by atoms with E-state index in [1.54, 1.807) is 13.0 Å². The highest BCUT2D eigenvalue weighted by atomic mass is 16.4. The molecule has 0 saturated heterocycles. The highest BCUT2D eigenvalue weighted by Crippen LogP contribution is 2.74. The molecule has 5 heteroatoms. The van der Waals surface area contributed by atoms with Crippen LogP contribution in [0.5, 0.6) is 0 Å². The number of aliphatic hydroxyl groups is 3. The van der Waals surface area contributed by atoms with Crippen molar-refractivity contribution >= 4 is 5.97 Å². The van der Waals surface area contributed by atoms with Crippen LogP contribution in [-0.4, -0.2) is 44.2 Å². The Morgan fingerprint density at radius 1 is 1.06 bits per heavy atom. The fourth-order valence-electron chi connectivity index (χ4n) is 9.15. The van der Waals surface area contributed by atoms with Gasteiger partial charge in [0.15, 0.2) is 0 Å². The Bertz CT molecular complexity index is 844. The van der Waals surface area contributed by atoms with Crippen LogP contribution in [0.25, 0.3) is 0 Å². The summed E-state index contributed by atoms with van der Waals surface area (Å²) >= 11 is 0. The normalized spacial score (nSPS) is 42.7. The first-order valence-electron chi connectivity index (χ1n) is 13.6. The number of hydrogen-bond donors (Lipinski definition) is 4. The molecule has 200 valence electrons. The van der Waals surface area contributed by atoms with Crippen LogP contribution in [0.15, 0.2) is 24.3 Å². The number of allylic oxidation sites excluding steroid dienone is 1. The molecule has 0 aromatic carbocycles. The predicted molar refractivity (Wildman–Crippen MR) is 140 cm³/mol. The first kappa shape index (κ1) is 28.4. The van der Waals surface area contributed by atoms with E-state index in [-0.39, 0.29) is 35.2 Å². The van der Waals surface area contributed by atoms with Crippen molar-refractivity contribution in [3.63, 3.8) is 0 Å². The van der Waals surface area contributed by atoms with Gasteiger partial charge in [-0.15, -0.1) is 0 Å². The van der Waals surface area contributed by atoms with Crippen molar-refractivity contribution in [2.75, 3.05) is 6.61 Å². The van der Waals surface area contributed by atoms with Crippen molar-refractivity contribution in [2.24, 2.45) is 39.9 Å². The first-order valence-corrected chi connectivity index (χ1v) is 13.6.